The third-order valence-corrected chi connectivity index (χ3v) is 0.494. The Labute approximate surface area is 61.7 Å². The van der Waals surface area contributed by atoms with Crippen LogP contribution in [0.4, 0.5) is 0 Å². The van der Waals surface area contributed by atoms with Crippen LogP contribution in [0.1, 0.15) is 13.8 Å². The number of rotatable bonds is 1. The normalized spacial score (nSPS) is 7.86. The van der Waals surface area contributed by atoms with Gasteiger partial charge in [0, 0.05) is 25.8 Å². The van der Waals surface area contributed by atoms with Gasteiger partial charge in [0.05, 0.1) is 5.92 Å². The fourth-order valence-corrected chi connectivity index (χ4v) is 0. The Hall–Kier alpha value is 0.340. The Kier molecular flexibility index (Phi) is 6.65. The molecule has 2 nitrogen and oxygen atoms in total. The third-order valence-electron chi connectivity index (χ3n) is 0.494. The number of carbonyl (C=O) groups is 1. The molecule has 0 unspecified atom stereocenters. The van der Waals surface area contributed by atoms with E-state index in [0.717, 1.165) is 0 Å². The minimum Gasteiger partial charge on any atom is -0.481 e. The summed E-state index contributed by atoms with van der Waals surface area (Å²) < 4.78 is 0. The maximum Gasteiger partial charge on any atom is 0.305 e. The average Bonchev–Trinajstić information content (AvgIpc) is 1.36. The number of carboxylic acids is 1. The van der Waals surface area contributed by atoms with Crippen LogP contribution in [0.3, 0.4) is 0 Å². The van der Waals surface area contributed by atoms with Crippen LogP contribution in [0.15, 0.2) is 0 Å². The summed E-state index contributed by atoms with van der Waals surface area (Å²) in [5, 5.41) is 7.99. The molecule has 3 radical (unpaired) electrons. The van der Waals surface area contributed by atoms with Gasteiger partial charge in [0.2, 0.25) is 0 Å². The van der Waals surface area contributed by atoms with Crippen LogP contribution < -0.4 is 0 Å². The van der Waals surface area contributed by atoms with Crippen molar-refractivity contribution in [1.29, 1.82) is 0 Å². The summed E-state index contributed by atoms with van der Waals surface area (Å²) in [4.78, 5) is 9.70. The van der Waals surface area contributed by atoms with Crippen LogP contribution in [0.2, 0.25) is 0 Å². The van der Waals surface area contributed by atoms with E-state index in [4.69, 9.17) is 5.11 Å². The maximum absolute atomic E-state index is 9.70. The van der Waals surface area contributed by atoms with Crippen LogP contribution in [-0.4, -0.2) is 36.9 Å². The second-order valence-electron chi connectivity index (χ2n) is 1.49. The van der Waals surface area contributed by atoms with Crippen molar-refractivity contribution in [2.45, 2.75) is 13.8 Å². The molecule has 0 aliphatic heterocycles. The second-order valence-corrected chi connectivity index (χ2v) is 1.49. The van der Waals surface area contributed by atoms with E-state index in [1.54, 1.807) is 13.8 Å². The maximum atomic E-state index is 9.70. The van der Waals surface area contributed by atoms with Gasteiger partial charge in [-0.1, -0.05) is 13.8 Å². The minimum absolute atomic E-state index is 0. The van der Waals surface area contributed by atoms with Crippen LogP contribution in [0, 0.1) is 5.92 Å². The van der Waals surface area contributed by atoms with Crippen LogP contribution in [0.5, 0.6) is 0 Å². The van der Waals surface area contributed by atoms with E-state index >= 15 is 0 Å². The van der Waals surface area contributed by atoms with Crippen molar-refractivity contribution in [3.8, 4) is 0 Å². The molecule has 0 amide bonds. The molecular formula is C4H8InO2. The summed E-state index contributed by atoms with van der Waals surface area (Å²) in [6.07, 6.45) is 0. The molecule has 1 N–H and O–H groups in total. The van der Waals surface area contributed by atoms with Crippen molar-refractivity contribution in [1.82, 2.24) is 0 Å². The summed E-state index contributed by atoms with van der Waals surface area (Å²) >= 11 is 0. The second kappa shape index (κ2) is 4.50. The van der Waals surface area contributed by atoms with Crippen LogP contribution >= 0.6 is 0 Å². The fraction of sp³-hybridized carbons (Fsp3) is 0.750. The predicted molar refractivity (Wildman–Crippen MR) is 28.2 cm³/mol. The van der Waals surface area contributed by atoms with Crippen molar-refractivity contribution in [2.75, 3.05) is 0 Å². The van der Waals surface area contributed by atoms with E-state index in [1.807, 2.05) is 0 Å². The monoisotopic (exact) mass is 203 g/mol. The van der Waals surface area contributed by atoms with Gasteiger partial charge >= 0.3 is 5.97 Å². The van der Waals surface area contributed by atoms with E-state index in [0.29, 0.717) is 0 Å². The zero-order valence-electron chi connectivity index (χ0n) is 4.51. The first-order valence-electron chi connectivity index (χ1n) is 1.87. The van der Waals surface area contributed by atoms with Gasteiger partial charge in [-0.15, -0.1) is 0 Å². The Morgan fingerprint density at radius 3 is 1.71 bits per heavy atom. The zero-order valence-corrected chi connectivity index (χ0v) is 7.81. The molecule has 0 aromatic heterocycles. The van der Waals surface area contributed by atoms with E-state index in [2.05, 4.69) is 0 Å². The summed E-state index contributed by atoms with van der Waals surface area (Å²) in [5.74, 6) is -0.972. The molecule has 0 aromatic rings. The summed E-state index contributed by atoms with van der Waals surface area (Å²) in [5.41, 5.74) is 0. The number of hydrogen-bond donors (Lipinski definition) is 1. The Bertz CT molecular complexity index is 60.7. The van der Waals surface area contributed by atoms with Crippen LogP contribution in [0.25, 0.3) is 0 Å². The molecule has 7 heavy (non-hydrogen) atoms. The van der Waals surface area contributed by atoms with E-state index < -0.39 is 5.97 Å². The molecule has 39 valence electrons. The molecule has 0 spiro atoms. The third kappa shape index (κ3) is 6.34. The van der Waals surface area contributed by atoms with Gasteiger partial charge in [0.1, 0.15) is 0 Å². The van der Waals surface area contributed by atoms with Gasteiger partial charge in [-0.2, -0.15) is 0 Å². The number of carboxylic acid groups (broad SMARTS) is 1. The molecule has 0 fully saturated rings. The number of hydrogen-bond acceptors (Lipinski definition) is 1. The molecule has 0 aliphatic rings. The standard InChI is InChI=1S/C4H8O2.In/c1-3(2)4(5)6;/h3H,1-2H3,(H,5,6);. The van der Waals surface area contributed by atoms with Gasteiger partial charge in [-0.3, -0.25) is 4.79 Å². The van der Waals surface area contributed by atoms with E-state index in [-0.39, 0.29) is 31.8 Å². The Morgan fingerprint density at radius 1 is 1.57 bits per heavy atom. The molecule has 0 rings (SSSR count). The summed E-state index contributed by atoms with van der Waals surface area (Å²) in [6.45, 7) is 3.28. The quantitative estimate of drug-likeness (QED) is 0.667. The molecule has 0 heterocycles. The first-order valence-corrected chi connectivity index (χ1v) is 1.87. The predicted octanol–water partition coefficient (Wildman–Crippen LogP) is 0.346. The zero-order chi connectivity index (χ0) is 5.15. The molecule has 0 saturated carbocycles. The molecule has 3 heteroatoms. The van der Waals surface area contributed by atoms with Gasteiger partial charge in [-0.05, 0) is 0 Å². The topological polar surface area (TPSA) is 37.3 Å². The average molecular weight is 203 g/mol. The first kappa shape index (κ1) is 10.3. The molecule has 0 atom stereocenters. The Balaban J connectivity index is 0. The van der Waals surface area contributed by atoms with Gasteiger partial charge in [0.25, 0.3) is 0 Å². The van der Waals surface area contributed by atoms with Crippen molar-refractivity contribution < 1.29 is 9.90 Å². The van der Waals surface area contributed by atoms with E-state index in [9.17, 15) is 4.79 Å². The van der Waals surface area contributed by atoms with Crippen molar-refractivity contribution >= 4 is 31.8 Å². The molecule has 0 bridgehead atoms. The molecule has 0 saturated heterocycles. The number of aliphatic carboxylic acids is 1. The molecule has 0 aromatic carbocycles. The minimum atomic E-state index is -0.741. The smallest absolute Gasteiger partial charge is 0.305 e. The summed E-state index contributed by atoms with van der Waals surface area (Å²) in [7, 11) is 0. The van der Waals surface area contributed by atoms with Crippen molar-refractivity contribution in [2.24, 2.45) is 5.92 Å². The Morgan fingerprint density at radius 2 is 1.71 bits per heavy atom. The van der Waals surface area contributed by atoms with Gasteiger partial charge < -0.3 is 5.11 Å². The fourth-order valence-electron chi connectivity index (χ4n) is 0. The van der Waals surface area contributed by atoms with Crippen molar-refractivity contribution in [3.05, 3.63) is 0 Å². The summed E-state index contributed by atoms with van der Waals surface area (Å²) in [6, 6.07) is 0. The van der Waals surface area contributed by atoms with E-state index in [1.165, 1.54) is 0 Å². The largest absolute Gasteiger partial charge is 0.481 e. The van der Waals surface area contributed by atoms with Gasteiger partial charge in [0.15, 0.2) is 0 Å². The molecule has 0 aliphatic carbocycles. The van der Waals surface area contributed by atoms with Crippen LogP contribution in [-0.2, 0) is 4.79 Å². The van der Waals surface area contributed by atoms with Gasteiger partial charge in [-0.25, -0.2) is 0 Å². The molecular weight excluding hydrogens is 195 g/mol. The van der Waals surface area contributed by atoms with Crippen molar-refractivity contribution in [3.63, 3.8) is 0 Å². The first-order chi connectivity index (χ1) is 2.64. The SMILES string of the molecule is CC(C)C(=O)O.[In].